The topological polar surface area (TPSA) is 47.2 Å². The molecule has 0 aliphatic carbocycles. The molecule has 1 saturated heterocycles. The molecule has 2 aromatic rings. The lowest BCUT2D eigenvalue weighted by Crippen LogP contribution is -3.28. The van der Waals surface area contributed by atoms with Crippen molar-refractivity contribution in [3.63, 3.8) is 0 Å². The molecule has 1 aliphatic rings. The first-order chi connectivity index (χ1) is 13.1. The third kappa shape index (κ3) is 5.81. The lowest BCUT2D eigenvalue weighted by Gasteiger charge is -2.29. The van der Waals surface area contributed by atoms with Crippen LogP contribution in [0.4, 0.5) is 0 Å². The molecule has 5 heteroatoms. The number of amides is 1. The van der Waals surface area contributed by atoms with E-state index in [1.807, 2.05) is 37.3 Å². The second-order valence-corrected chi connectivity index (χ2v) is 7.40. The van der Waals surface area contributed by atoms with Gasteiger partial charge in [-0.2, -0.15) is 0 Å². The Kier molecular flexibility index (Phi) is 6.85. The Morgan fingerprint density at radius 2 is 1.63 bits per heavy atom. The molecule has 1 fully saturated rings. The molecule has 5 nitrogen and oxygen atoms in total. The largest absolute Gasteiger partial charge is 0.497 e. The van der Waals surface area contributed by atoms with Gasteiger partial charge in [0, 0.05) is 5.56 Å². The maximum absolute atomic E-state index is 12.4. The number of nitrogens with one attached hydrogen (secondary N) is 3. The monoisotopic (exact) mass is 369 g/mol. The maximum Gasteiger partial charge on any atom is 0.275 e. The minimum atomic E-state index is 0.0556. The molecule has 1 atom stereocenters. The molecule has 0 aromatic heterocycles. The summed E-state index contributed by atoms with van der Waals surface area (Å²) < 4.78 is 5.22. The number of hydrogen-bond donors (Lipinski definition) is 3. The summed E-state index contributed by atoms with van der Waals surface area (Å²) in [6, 6.07) is 18.5. The Hall–Kier alpha value is -2.37. The maximum atomic E-state index is 12.4. The van der Waals surface area contributed by atoms with E-state index in [1.54, 1.807) is 12.0 Å². The van der Waals surface area contributed by atoms with Crippen LogP contribution in [0.15, 0.2) is 54.6 Å². The van der Waals surface area contributed by atoms with Crippen molar-refractivity contribution in [3.8, 4) is 5.75 Å². The number of quaternary nitrogens is 2. The van der Waals surface area contributed by atoms with Crippen molar-refractivity contribution >= 4 is 5.91 Å². The van der Waals surface area contributed by atoms with Gasteiger partial charge in [-0.3, -0.25) is 4.79 Å². The molecule has 0 unspecified atom stereocenters. The van der Waals surface area contributed by atoms with E-state index in [1.165, 1.54) is 10.5 Å². The number of rotatable bonds is 7. The van der Waals surface area contributed by atoms with Crippen LogP contribution in [0.2, 0.25) is 0 Å². The molecule has 3 N–H and O–H groups in total. The molecule has 1 aliphatic heterocycles. The third-order valence-electron chi connectivity index (χ3n) is 5.37. The van der Waals surface area contributed by atoms with Gasteiger partial charge in [0.05, 0.1) is 13.2 Å². The lowest BCUT2D eigenvalue weighted by molar-refractivity contribution is -1.02. The highest BCUT2D eigenvalue weighted by atomic mass is 16.5. The van der Waals surface area contributed by atoms with Crippen LogP contribution >= 0.6 is 0 Å². The van der Waals surface area contributed by atoms with E-state index < -0.39 is 0 Å². The number of piperazine rings is 1. The van der Waals surface area contributed by atoms with Gasteiger partial charge in [-0.25, -0.2) is 0 Å². The van der Waals surface area contributed by atoms with E-state index in [-0.39, 0.29) is 11.9 Å². The second kappa shape index (κ2) is 9.53. The van der Waals surface area contributed by atoms with Crippen molar-refractivity contribution in [1.82, 2.24) is 5.32 Å². The van der Waals surface area contributed by atoms with E-state index in [9.17, 15) is 4.79 Å². The van der Waals surface area contributed by atoms with E-state index >= 15 is 0 Å². The number of hydrogen-bond acceptors (Lipinski definition) is 2. The van der Waals surface area contributed by atoms with E-state index in [0.29, 0.717) is 6.54 Å². The third-order valence-corrected chi connectivity index (χ3v) is 5.37. The Labute approximate surface area is 161 Å². The molecule has 0 radical (unpaired) electrons. The first kappa shape index (κ1) is 19.4. The van der Waals surface area contributed by atoms with Crippen molar-refractivity contribution in [2.75, 3.05) is 39.8 Å². The van der Waals surface area contributed by atoms with Crippen LogP contribution < -0.4 is 19.9 Å². The van der Waals surface area contributed by atoms with Crippen molar-refractivity contribution in [2.24, 2.45) is 0 Å². The standard InChI is InChI=1S/C22H29N3O2/c1-18(20-6-4-3-5-7-20)23-22(26)17-25-14-12-24(13-15-25)16-19-8-10-21(27-2)11-9-19/h3-11,18H,12-17H2,1-2H3,(H,23,26)/p+2/t18-/m1/s1. The summed E-state index contributed by atoms with van der Waals surface area (Å²) in [5.74, 6) is 1.04. The number of benzene rings is 2. The van der Waals surface area contributed by atoms with Gasteiger partial charge in [-0.05, 0) is 36.8 Å². The van der Waals surface area contributed by atoms with Crippen LogP contribution in [0, 0.1) is 0 Å². The molecule has 0 bridgehead atoms. The molecular weight excluding hydrogens is 338 g/mol. The average molecular weight is 370 g/mol. The summed E-state index contributed by atoms with van der Waals surface area (Å²) in [6.45, 7) is 7.92. The second-order valence-electron chi connectivity index (χ2n) is 7.40. The highest BCUT2D eigenvalue weighted by molar-refractivity contribution is 5.77. The molecule has 27 heavy (non-hydrogen) atoms. The zero-order valence-corrected chi connectivity index (χ0v) is 16.3. The SMILES string of the molecule is COc1ccc(C[NH+]2CC[NH+](CC(=O)N[C@H](C)c3ccccc3)CC2)cc1. The summed E-state index contributed by atoms with van der Waals surface area (Å²) in [7, 11) is 1.69. The Balaban J connectivity index is 1.40. The van der Waals surface area contributed by atoms with E-state index in [2.05, 4.69) is 29.6 Å². The van der Waals surface area contributed by atoms with Crippen LogP contribution in [0.1, 0.15) is 24.1 Å². The Morgan fingerprint density at radius 1 is 1.00 bits per heavy atom. The van der Waals surface area contributed by atoms with Gasteiger partial charge in [-0.15, -0.1) is 0 Å². The van der Waals surface area contributed by atoms with Crippen molar-refractivity contribution < 1.29 is 19.3 Å². The number of methoxy groups -OCH3 is 1. The highest BCUT2D eigenvalue weighted by Gasteiger charge is 2.25. The van der Waals surface area contributed by atoms with Gasteiger partial charge >= 0.3 is 0 Å². The fourth-order valence-corrected chi connectivity index (χ4v) is 3.69. The predicted molar refractivity (Wildman–Crippen MR) is 106 cm³/mol. The van der Waals surface area contributed by atoms with Crippen LogP contribution in [0.3, 0.4) is 0 Å². The van der Waals surface area contributed by atoms with Crippen molar-refractivity contribution in [1.29, 1.82) is 0 Å². The fraction of sp³-hybridized carbons (Fsp3) is 0.409. The van der Waals surface area contributed by atoms with Gasteiger partial charge < -0.3 is 19.9 Å². The predicted octanol–water partition coefficient (Wildman–Crippen LogP) is -0.144. The van der Waals surface area contributed by atoms with Gasteiger partial charge in [-0.1, -0.05) is 30.3 Å². The van der Waals surface area contributed by atoms with Crippen LogP contribution in [0.5, 0.6) is 5.75 Å². The lowest BCUT2D eigenvalue weighted by atomic mass is 10.1. The molecule has 2 aromatic carbocycles. The quantitative estimate of drug-likeness (QED) is 0.636. The Morgan fingerprint density at radius 3 is 2.26 bits per heavy atom. The zero-order valence-electron chi connectivity index (χ0n) is 16.3. The summed E-state index contributed by atoms with van der Waals surface area (Å²) in [4.78, 5) is 15.3. The van der Waals surface area contributed by atoms with Gasteiger partial charge in [0.25, 0.3) is 5.91 Å². The molecule has 0 saturated carbocycles. The molecule has 1 amide bonds. The van der Waals surface area contributed by atoms with Crippen molar-refractivity contribution in [3.05, 3.63) is 65.7 Å². The summed E-state index contributed by atoms with van der Waals surface area (Å²) in [5.41, 5.74) is 2.48. The zero-order chi connectivity index (χ0) is 19.1. The molecular formula is C22H31N3O2+2. The summed E-state index contributed by atoms with van der Waals surface area (Å²) >= 11 is 0. The first-order valence-corrected chi connectivity index (χ1v) is 9.78. The highest BCUT2D eigenvalue weighted by Crippen LogP contribution is 2.11. The van der Waals surface area contributed by atoms with E-state index in [4.69, 9.17) is 4.74 Å². The van der Waals surface area contributed by atoms with Crippen LogP contribution in [-0.4, -0.2) is 45.7 Å². The smallest absolute Gasteiger partial charge is 0.275 e. The van der Waals surface area contributed by atoms with Crippen molar-refractivity contribution in [2.45, 2.75) is 19.5 Å². The van der Waals surface area contributed by atoms with Crippen LogP contribution in [0.25, 0.3) is 0 Å². The molecule has 1 heterocycles. The molecule has 144 valence electrons. The minimum Gasteiger partial charge on any atom is -0.497 e. The van der Waals surface area contributed by atoms with Gasteiger partial charge in [0.1, 0.15) is 38.5 Å². The summed E-state index contributed by atoms with van der Waals surface area (Å²) in [6.07, 6.45) is 0. The average Bonchev–Trinajstić information content (AvgIpc) is 2.70. The number of carbonyl (C=O) groups is 1. The van der Waals surface area contributed by atoms with Crippen LogP contribution in [-0.2, 0) is 11.3 Å². The molecule has 3 rings (SSSR count). The molecule has 0 spiro atoms. The number of ether oxygens (including phenoxy) is 1. The minimum absolute atomic E-state index is 0.0556. The summed E-state index contributed by atoms with van der Waals surface area (Å²) in [5, 5.41) is 3.13. The fourth-order valence-electron chi connectivity index (χ4n) is 3.69. The van der Waals surface area contributed by atoms with Gasteiger partial charge in [0.2, 0.25) is 0 Å². The first-order valence-electron chi connectivity index (χ1n) is 9.78. The van der Waals surface area contributed by atoms with Gasteiger partial charge in [0.15, 0.2) is 6.54 Å². The number of carbonyl (C=O) groups excluding carboxylic acids is 1. The van der Waals surface area contributed by atoms with E-state index in [0.717, 1.165) is 44.0 Å². The Bertz CT molecular complexity index is 710. The normalized spacial score (nSPS) is 20.7.